The van der Waals surface area contributed by atoms with Crippen LogP contribution in [0.25, 0.3) is 21.1 Å². The molecule has 8 heteroatoms. The second-order valence-corrected chi connectivity index (χ2v) is 8.92. The molecule has 0 fully saturated rings. The number of benzene rings is 3. The number of aliphatic imine (C=N–C) groups is 1. The Labute approximate surface area is 191 Å². The summed E-state index contributed by atoms with van der Waals surface area (Å²) >= 11 is 7.65. The Bertz CT molecular complexity index is 1540. The lowest BCUT2D eigenvalue weighted by atomic mass is 9.96. The number of aromatic amines is 1. The molecule has 0 saturated heterocycles. The Morgan fingerprint density at radius 2 is 1.75 bits per heavy atom. The SMILES string of the molecule is O=c1[nH]c2ccccc2c2c1C(c1ccc(Cl)cc1)N=C(Nc1nc3ccccc3s1)N2. The second kappa shape index (κ2) is 7.47. The standard InChI is InChI=1S/C24H16ClN5OS/c25-14-11-9-13(10-12-14)20-19-21(15-5-1-2-6-16(15)26-22(19)31)29-23(28-20)30-24-27-17-7-3-4-8-18(17)32-24/h1-12,20H,(H,26,31)(H2,27,28,29,30). The zero-order valence-electron chi connectivity index (χ0n) is 16.6. The first-order valence-corrected chi connectivity index (χ1v) is 11.2. The number of para-hydroxylation sites is 2. The minimum Gasteiger partial charge on any atom is -0.325 e. The van der Waals surface area contributed by atoms with Crippen molar-refractivity contribution < 1.29 is 0 Å². The van der Waals surface area contributed by atoms with Crippen molar-refractivity contribution in [3.05, 3.63) is 99.3 Å². The van der Waals surface area contributed by atoms with E-state index in [1.807, 2.05) is 72.8 Å². The van der Waals surface area contributed by atoms with Gasteiger partial charge < -0.3 is 15.6 Å². The molecule has 0 aliphatic carbocycles. The first kappa shape index (κ1) is 19.0. The molecule has 1 aliphatic rings. The highest BCUT2D eigenvalue weighted by Gasteiger charge is 2.28. The van der Waals surface area contributed by atoms with Crippen molar-refractivity contribution in [2.24, 2.45) is 4.99 Å². The molecule has 1 unspecified atom stereocenters. The maximum Gasteiger partial charge on any atom is 0.256 e. The maximum absolute atomic E-state index is 13.1. The van der Waals surface area contributed by atoms with Gasteiger partial charge >= 0.3 is 0 Å². The van der Waals surface area contributed by atoms with Crippen molar-refractivity contribution in [3.8, 4) is 0 Å². The molecule has 0 spiro atoms. The van der Waals surface area contributed by atoms with Crippen molar-refractivity contribution in [2.75, 3.05) is 10.6 Å². The van der Waals surface area contributed by atoms with Crippen LogP contribution in [0.2, 0.25) is 5.02 Å². The molecule has 0 radical (unpaired) electrons. The molecule has 6 rings (SSSR count). The largest absolute Gasteiger partial charge is 0.325 e. The van der Waals surface area contributed by atoms with Crippen LogP contribution < -0.4 is 16.2 Å². The highest BCUT2D eigenvalue weighted by molar-refractivity contribution is 7.22. The van der Waals surface area contributed by atoms with E-state index in [2.05, 4.69) is 20.6 Å². The number of guanidine groups is 1. The van der Waals surface area contributed by atoms with Crippen molar-refractivity contribution >= 4 is 60.8 Å². The predicted molar refractivity (Wildman–Crippen MR) is 132 cm³/mol. The molecule has 1 aliphatic heterocycles. The molecule has 0 bridgehead atoms. The number of fused-ring (bicyclic) bond motifs is 4. The average molecular weight is 458 g/mol. The molecule has 0 amide bonds. The van der Waals surface area contributed by atoms with Crippen molar-refractivity contribution in [1.82, 2.24) is 9.97 Å². The number of aromatic nitrogens is 2. The first-order valence-electron chi connectivity index (χ1n) is 10.0. The lowest BCUT2D eigenvalue weighted by molar-refractivity contribution is 0.846. The van der Waals surface area contributed by atoms with Crippen LogP contribution in [-0.4, -0.2) is 15.9 Å². The fraction of sp³-hybridized carbons (Fsp3) is 0.0417. The third kappa shape index (κ3) is 3.23. The highest BCUT2D eigenvalue weighted by atomic mass is 35.5. The van der Waals surface area contributed by atoms with Crippen LogP contribution in [0.3, 0.4) is 0 Å². The van der Waals surface area contributed by atoms with Gasteiger partial charge in [-0.1, -0.05) is 65.4 Å². The van der Waals surface area contributed by atoms with Gasteiger partial charge in [-0.15, -0.1) is 0 Å². The second-order valence-electron chi connectivity index (χ2n) is 7.46. The van der Waals surface area contributed by atoms with E-state index in [-0.39, 0.29) is 5.56 Å². The van der Waals surface area contributed by atoms with E-state index >= 15 is 0 Å². The normalized spacial score (nSPS) is 15.3. The lowest BCUT2D eigenvalue weighted by Gasteiger charge is -2.26. The van der Waals surface area contributed by atoms with Crippen LogP contribution in [0.1, 0.15) is 17.2 Å². The Morgan fingerprint density at radius 3 is 2.59 bits per heavy atom. The van der Waals surface area contributed by atoms with Gasteiger partial charge in [0, 0.05) is 10.4 Å². The molecule has 5 aromatic rings. The van der Waals surface area contributed by atoms with Gasteiger partial charge in [0.1, 0.15) is 6.04 Å². The summed E-state index contributed by atoms with van der Waals surface area (Å²) in [5.41, 5.74) is 3.70. The summed E-state index contributed by atoms with van der Waals surface area (Å²) in [6.07, 6.45) is 0. The third-order valence-electron chi connectivity index (χ3n) is 5.44. The monoisotopic (exact) mass is 457 g/mol. The summed E-state index contributed by atoms with van der Waals surface area (Å²) < 4.78 is 1.09. The third-order valence-corrected chi connectivity index (χ3v) is 6.64. The molecular formula is C24H16ClN5OS. The van der Waals surface area contributed by atoms with Gasteiger partial charge in [0.25, 0.3) is 5.56 Å². The van der Waals surface area contributed by atoms with E-state index in [9.17, 15) is 4.79 Å². The number of hydrogen-bond acceptors (Lipinski definition) is 6. The van der Waals surface area contributed by atoms with Crippen LogP contribution >= 0.6 is 22.9 Å². The van der Waals surface area contributed by atoms with E-state index in [1.165, 1.54) is 0 Å². The summed E-state index contributed by atoms with van der Waals surface area (Å²) in [5, 5.41) is 8.93. The van der Waals surface area contributed by atoms with E-state index in [4.69, 9.17) is 16.6 Å². The number of nitrogens with zero attached hydrogens (tertiary/aromatic N) is 2. The molecule has 1 atom stereocenters. The molecule has 6 nitrogen and oxygen atoms in total. The zero-order valence-corrected chi connectivity index (χ0v) is 18.2. The van der Waals surface area contributed by atoms with Gasteiger partial charge in [-0.25, -0.2) is 9.98 Å². The number of nitrogens with one attached hydrogen (secondary N) is 3. The van der Waals surface area contributed by atoms with E-state index < -0.39 is 6.04 Å². The van der Waals surface area contributed by atoms with Gasteiger partial charge in [0.2, 0.25) is 5.96 Å². The minimum absolute atomic E-state index is 0.172. The lowest BCUT2D eigenvalue weighted by Crippen LogP contribution is -2.32. The number of anilines is 2. The summed E-state index contributed by atoms with van der Waals surface area (Å²) in [7, 11) is 0. The zero-order chi connectivity index (χ0) is 21.7. The van der Waals surface area contributed by atoms with Crippen LogP contribution in [0.15, 0.2) is 82.6 Å². The molecule has 32 heavy (non-hydrogen) atoms. The number of rotatable bonds is 2. The van der Waals surface area contributed by atoms with Crippen molar-refractivity contribution in [3.63, 3.8) is 0 Å². The van der Waals surface area contributed by atoms with Gasteiger partial charge in [-0.05, 0) is 35.9 Å². The molecule has 0 saturated carbocycles. The van der Waals surface area contributed by atoms with E-state index in [0.717, 1.165) is 37.5 Å². The quantitative estimate of drug-likeness (QED) is 0.314. The Hall–Kier alpha value is -3.68. The van der Waals surface area contributed by atoms with Gasteiger partial charge in [0.05, 0.1) is 27.0 Å². The molecule has 3 aromatic carbocycles. The smallest absolute Gasteiger partial charge is 0.256 e. The topological polar surface area (TPSA) is 82.2 Å². The summed E-state index contributed by atoms with van der Waals surface area (Å²) in [5.74, 6) is 0.534. The Kier molecular flexibility index (Phi) is 4.45. The van der Waals surface area contributed by atoms with E-state index in [1.54, 1.807) is 11.3 Å². The number of H-pyrrole nitrogens is 1. The van der Waals surface area contributed by atoms with Crippen LogP contribution in [0, 0.1) is 0 Å². The number of pyridine rings is 1. The summed E-state index contributed by atoms with van der Waals surface area (Å²) in [6.45, 7) is 0. The van der Waals surface area contributed by atoms with Crippen molar-refractivity contribution in [1.29, 1.82) is 0 Å². The molecule has 3 N–H and O–H groups in total. The predicted octanol–water partition coefficient (Wildman–Crippen LogP) is 5.77. The Balaban J connectivity index is 1.51. The maximum atomic E-state index is 13.1. The fourth-order valence-electron chi connectivity index (χ4n) is 3.98. The Morgan fingerprint density at radius 1 is 0.969 bits per heavy atom. The van der Waals surface area contributed by atoms with Crippen LogP contribution in [0.5, 0.6) is 0 Å². The van der Waals surface area contributed by atoms with Gasteiger partial charge in [-0.3, -0.25) is 4.79 Å². The molecule has 3 heterocycles. The van der Waals surface area contributed by atoms with Crippen LogP contribution in [0.4, 0.5) is 10.8 Å². The average Bonchev–Trinajstić information content (AvgIpc) is 3.21. The molecule has 156 valence electrons. The number of halogens is 1. The van der Waals surface area contributed by atoms with Crippen molar-refractivity contribution in [2.45, 2.75) is 6.04 Å². The number of hydrogen-bond donors (Lipinski definition) is 3. The van der Waals surface area contributed by atoms with E-state index in [0.29, 0.717) is 16.5 Å². The molecule has 2 aromatic heterocycles. The summed E-state index contributed by atoms with van der Waals surface area (Å²) in [6, 6.07) is 22.6. The number of thiazole rings is 1. The first-order chi connectivity index (χ1) is 15.7. The summed E-state index contributed by atoms with van der Waals surface area (Å²) in [4.78, 5) is 25.6. The minimum atomic E-state index is -0.492. The van der Waals surface area contributed by atoms with Gasteiger partial charge in [-0.2, -0.15) is 0 Å². The molecular weight excluding hydrogens is 442 g/mol. The highest BCUT2D eigenvalue weighted by Crippen LogP contribution is 2.37. The van der Waals surface area contributed by atoms with Gasteiger partial charge in [0.15, 0.2) is 5.13 Å². The fourth-order valence-corrected chi connectivity index (χ4v) is 4.97. The van der Waals surface area contributed by atoms with Crippen LogP contribution in [-0.2, 0) is 0 Å².